The van der Waals surface area contributed by atoms with Crippen LogP contribution in [0.25, 0.3) is 0 Å². The van der Waals surface area contributed by atoms with Crippen LogP contribution in [0.1, 0.15) is 45.8 Å². The fourth-order valence-electron chi connectivity index (χ4n) is 5.26. The van der Waals surface area contributed by atoms with E-state index < -0.39 is 11.9 Å². The van der Waals surface area contributed by atoms with Gasteiger partial charge in [0.25, 0.3) is 5.91 Å². The number of amides is 4. The van der Waals surface area contributed by atoms with Crippen LogP contribution in [-0.2, 0) is 32.3 Å². The number of rotatable bonds is 6. The predicted octanol–water partition coefficient (Wildman–Crippen LogP) is -1.22. The average Bonchev–Trinajstić information content (AvgIpc) is 3.19. The molecule has 11 heteroatoms. The van der Waals surface area contributed by atoms with Crippen LogP contribution in [0, 0.1) is 0 Å². The van der Waals surface area contributed by atoms with Crippen molar-refractivity contribution in [1.29, 1.82) is 0 Å². The Kier molecular flexibility index (Phi) is 6.57. The van der Waals surface area contributed by atoms with Gasteiger partial charge in [0.05, 0.1) is 13.2 Å². The van der Waals surface area contributed by atoms with Crippen molar-refractivity contribution >= 4 is 44.8 Å². The first-order chi connectivity index (χ1) is 17.3. The monoisotopic (exact) mass is 487 g/mol. The summed E-state index contributed by atoms with van der Waals surface area (Å²) in [6, 6.07) is 10.8. The van der Waals surface area contributed by atoms with Crippen molar-refractivity contribution < 1.29 is 28.7 Å². The lowest BCUT2D eigenvalue weighted by Gasteiger charge is -2.33. The van der Waals surface area contributed by atoms with Crippen molar-refractivity contribution in [2.45, 2.75) is 38.0 Å². The van der Waals surface area contributed by atoms with Crippen LogP contribution in [0.15, 0.2) is 36.4 Å². The number of piperidine rings is 1. The topological polar surface area (TPSA) is 105 Å². The van der Waals surface area contributed by atoms with Crippen molar-refractivity contribution in [2.75, 3.05) is 19.8 Å². The Morgan fingerprint density at radius 3 is 2.75 bits per heavy atom. The summed E-state index contributed by atoms with van der Waals surface area (Å²) in [6.07, 6.45) is 0.536. The second kappa shape index (κ2) is 9.81. The molecular weight excluding hydrogens is 460 g/mol. The van der Waals surface area contributed by atoms with Gasteiger partial charge in [0, 0.05) is 30.0 Å². The van der Waals surface area contributed by atoms with E-state index in [9.17, 15) is 19.2 Å². The fourth-order valence-corrected chi connectivity index (χ4v) is 5.26. The van der Waals surface area contributed by atoms with Gasteiger partial charge in [-0.05, 0) is 29.7 Å². The van der Waals surface area contributed by atoms with Crippen molar-refractivity contribution in [3.63, 3.8) is 0 Å². The van der Waals surface area contributed by atoms with Crippen LogP contribution in [0.3, 0.4) is 0 Å². The van der Waals surface area contributed by atoms with Gasteiger partial charge in [-0.15, -0.1) is 0 Å². The standard InChI is InChI=1S/C25H27B2N3O6/c26-18-10-14(4-5-16(18)23(27)29-8-9-35-13-22(29)32)12-36-20-3-1-2-15-17(20)11-30(25(15)34)19-6-7-21(31)28-24(19)33/h1-5,10,19,23H,6-9,11-13,26-27H2,(H,28,31,33). The molecule has 2 aromatic carbocycles. The zero-order chi connectivity index (χ0) is 25.4. The normalized spacial score (nSPS) is 20.8. The molecule has 2 atom stereocenters. The molecule has 0 bridgehead atoms. The number of nitrogens with zero attached hydrogens (tertiary/aromatic N) is 2. The number of nitrogens with one attached hydrogen (secondary N) is 1. The molecule has 1 N–H and O–H groups in total. The van der Waals surface area contributed by atoms with Gasteiger partial charge in [-0.25, -0.2) is 0 Å². The number of benzene rings is 2. The van der Waals surface area contributed by atoms with Gasteiger partial charge >= 0.3 is 0 Å². The van der Waals surface area contributed by atoms with Crippen LogP contribution < -0.4 is 15.5 Å². The third kappa shape index (κ3) is 4.51. The highest BCUT2D eigenvalue weighted by molar-refractivity contribution is 6.34. The summed E-state index contributed by atoms with van der Waals surface area (Å²) in [5.41, 5.74) is 4.40. The molecule has 0 spiro atoms. The lowest BCUT2D eigenvalue weighted by molar-refractivity contribution is -0.143. The Morgan fingerprint density at radius 1 is 1.17 bits per heavy atom. The Balaban J connectivity index is 1.28. The Morgan fingerprint density at radius 2 is 2.00 bits per heavy atom. The maximum atomic E-state index is 13.0. The number of imide groups is 1. The molecule has 0 saturated carbocycles. The molecule has 2 saturated heterocycles. The molecule has 4 amide bonds. The summed E-state index contributed by atoms with van der Waals surface area (Å²) in [6.45, 7) is 1.83. The number of morpholine rings is 1. The van der Waals surface area contributed by atoms with Crippen LogP contribution in [0.4, 0.5) is 0 Å². The second-order valence-electron chi connectivity index (χ2n) is 9.48. The van der Waals surface area contributed by atoms with Gasteiger partial charge < -0.3 is 19.3 Å². The quantitative estimate of drug-likeness (QED) is 0.405. The molecule has 2 fully saturated rings. The number of fused-ring (bicyclic) bond motifs is 1. The molecule has 9 nitrogen and oxygen atoms in total. The van der Waals surface area contributed by atoms with Crippen LogP contribution in [0.2, 0.25) is 0 Å². The van der Waals surface area contributed by atoms with Gasteiger partial charge in [0.1, 0.15) is 40.7 Å². The fraction of sp³-hybridized carbons (Fsp3) is 0.360. The first kappa shape index (κ1) is 24.1. The minimum atomic E-state index is -0.661. The van der Waals surface area contributed by atoms with E-state index in [0.29, 0.717) is 37.5 Å². The summed E-state index contributed by atoms with van der Waals surface area (Å²) < 4.78 is 11.4. The number of ether oxygens (including phenoxy) is 2. The highest BCUT2D eigenvalue weighted by Gasteiger charge is 2.40. The smallest absolute Gasteiger partial charge is 0.255 e. The first-order valence-electron chi connectivity index (χ1n) is 12.2. The molecule has 184 valence electrons. The maximum absolute atomic E-state index is 13.0. The average molecular weight is 487 g/mol. The molecule has 3 aliphatic heterocycles. The van der Waals surface area contributed by atoms with E-state index in [2.05, 4.69) is 11.4 Å². The lowest BCUT2D eigenvalue weighted by Crippen LogP contribution is -2.52. The van der Waals surface area contributed by atoms with Crippen molar-refractivity contribution in [3.05, 3.63) is 58.7 Å². The van der Waals surface area contributed by atoms with E-state index in [-0.39, 0.29) is 43.2 Å². The van der Waals surface area contributed by atoms with Crippen LogP contribution in [0.5, 0.6) is 5.75 Å². The van der Waals surface area contributed by atoms with Gasteiger partial charge in [0.15, 0.2) is 0 Å². The third-order valence-electron chi connectivity index (χ3n) is 7.21. The van der Waals surface area contributed by atoms with Gasteiger partial charge in [0.2, 0.25) is 17.7 Å². The van der Waals surface area contributed by atoms with Crippen molar-refractivity contribution in [1.82, 2.24) is 15.1 Å². The Hall–Kier alpha value is -3.59. The summed E-state index contributed by atoms with van der Waals surface area (Å²) in [5, 5.41) is 2.32. The lowest BCUT2D eigenvalue weighted by atomic mass is 9.78. The SMILES string of the molecule is Bc1cc(COc2cccc3c2CN(C2CCC(=O)NC2=O)C3=O)ccc1C(B)N1CCOCC1=O. The predicted molar refractivity (Wildman–Crippen MR) is 135 cm³/mol. The first-order valence-corrected chi connectivity index (χ1v) is 12.2. The van der Waals surface area contributed by atoms with Gasteiger partial charge in [-0.3, -0.25) is 24.5 Å². The van der Waals surface area contributed by atoms with Crippen molar-refractivity contribution in [3.8, 4) is 5.75 Å². The molecule has 36 heavy (non-hydrogen) atoms. The highest BCUT2D eigenvalue weighted by Crippen LogP contribution is 2.34. The van der Waals surface area contributed by atoms with E-state index in [1.165, 1.54) is 4.90 Å². The number of carbonyl (C=O) groups excluding carboxylic acids is 4. The molecule has 2 aromatic rings. The summed E-state index contributed by atoms with van der Waals surface area (Å²) >= 11 is 0. The van der Waals surface area contributed by atoms with E-state index in [1.807, 2.05) is 38.8 Å². The summed E-state index contributed by atoms with van der Waals surface area (Å²) in [7, 11) is 4.05. The number of hydrogen-bond acceptors (Lipinski definition) is 6. The van der Waals surface area contributed by atoms with E-state index in [1.54, 1.807) is 12.1 Å². The molecule has 0 aromatic heterocycles. The summed E-state index contributed by atoms with van der Waals surface area (Å²) in [4.78, 5) is 52.5. The number of hydrogen-bond donors (Lipinski definition) is 1. The number of carbonyl (C=O) groups is 4. The van der Waals surface area contributed by atoms with Crippen molar-refractivity contribution in [2.24, 2.45) is 0 Å². The minimum absolute atomic E-state index is 0.000564. The summed E-state index contributed by atoms with van der Waals surface area (Å²) in [5.74, 6) is -0.408. The van der Waals surface area contributed by atoms with Crippen LogP contribution >= 0.6 is 0 Å². The maximum Gasteiger partial charge on any atom is 0.255 e. The third-order valence-corrected chi connectivity index (χ3v) is 7.21. The molecular formula is C25H27B2N3O6. The highest BCUT2D eigenvalue weighted by atomic mass is 16.5. The Bertz CT molecular complexity index is 1250. The molecule has 0 radical (unpaired) electrons. The molecule has 0 aliphatic carbocycles. The largest absolute Gasteiger partial charge is 0.489 e. The molecule has 3 heterocycles. The van der Waals surface area contributed by atoms with Gasteiger partial charge in [-0.2, -0.15) is 0 Å². The molecule has 5 rings (SSSR count). The van der Waals surface area contributed by atoms with E-state index >= 15 is 0 Å². The Labute approximate surface area is 210 Å². The molecule has 2 unspecified atom stereocenters. The second-order valence-corrected chi connectivity index (χ2v) is 9.48. The zero-order valence-corrected chi connectivity index (χ0v) is 20.4. The minimum Gasteiger partial charge on any atom is -0.489 e. The van der Waals surface area contributed by atoms with E-state index in [0.717, 1.165) is 22.2 Å². The zero-order valence-electron chi connectivity index (χ0n) is 20.4. The molecule has 3 aliphatic rings. The van der Waals surface area contributed by atoms with E-state index in [4.69, 9.17) is 9.47 Å². The van der Waals surface area contributed by atoms with Crippen LogP contribution in [-0.4, -0.2) is 74.9 Å². The van der Waals surface area contributed by atoms with Gasteiger partial charge in [-0.1, -0.05) is 29.7 Å².